The van der Waals surface area contributed by atoms with Crippen molar-refractivity contribution in [2.75, 3.05) is 6.61 Å². The van der Waals surface area contributed by atoms with Crippen LogP contribution in [0.15, 0.2) is 94.0 Å². The second kappa shape index (κ2) is 12.2. The molecule has 0 amide bonds. The molecular formula is C35H31Cl2N3O3S. The van der Waals surface area contributed by atoms with E-state index in [1.807, 2.05) is 54.7 Å². The largest absolute Gasteiger partial charge is 0.463 e. The van der Waals surface area contributed by atoms with Crippen molar-refractivity contribution in [3.05, 3.63) is 136 Å². The van der Waals surface area contributed by atoms with Crippen LogP contribution >= 0.6 is 34.5 Å². The standard InChI is InChI=1S/C35H31Cl2N3O3S/c1-5-43-34(42)31-21(4)38-35-40(32(31)24-13-11-23(12-14-24)20(2)3)33(41)30(44-35)17-25-19-39(29-9-7-6-8-26(25)29)18-22-10-15-27(36)28(37)16-22/h6-17,19-20,32H,5,18H2,1-4H3/b30-17+/t32-/m0/s1. The molecule has 3 heterocycles. The van der Waals surface area contributed by atoms with Gasteiger partial charge in [0.15, 0.2) is 4.80 Å². The fourth-order valence-corrected chi connectivity index (χ4v) is 7.03. The summed E-state index contributed by atoms with van der Waals surface area (Å²) in [5.74, 6) is -0.113. The molecule has 0 saturated carbocycles. The molecular weight excluding hydrogens is 613 g/mol. The van der Waals surface area contributed by atoms with E-state index in [0.717, 1.165) is 27.6 Å². The van der Waals surface area contributed by atoms with Crippen molar-refractivity contribution in [2.24, 2.45) is 4.99 Å². The van der Waals surface area contributed by atoms with E-state index in [1.54, 1.807) is 24.5 Å². The highest BCUT2D eigenvalue weighted by molar-refractivity contribution is 7.07. The maximum atomic E-state index is 14.2. The van der Waals surface area contributed by atoms with Crippen LogP contribution in [0.1, 0.15) is 61.9 Å². The van der Waals surface area contributed by atoms with Crippen LogP contribution in [0, 0.1) is 0 Å². The first-order valence-corrected chi connectivity index (χ1v) is 16.0. The quantitative estimate of drug-likeness (QED) is 0.176. The Labute approximate surface area is 269 Å². The molecule has 224 valence electrons. The molecule has 0 radical (unpaired) electrons. The minimum atomic E-state index is -0.648. The number of nitrogens with zero attached hydrogens (tertiary/aromatic N) is 3. The summed E-state index contributed by atoms with van der Waals surface area (Å²) < 4.78 is 9.74. The number of esters is 1. The lowest BCUT2D eigenvalue weighted by Gasteiger charge is -2.25. The monoisotopic (exact) mass is 643 g/mol. The summed E-state index contributed by atoms with van der Waals surface area (Å²) >= 11 is 13.7. The lowest BCUT2D eigenvalue weighted by atomic mass is 9.93. The van der Waals surface area contributed by atoms with E-state index in [0.29, 0.717) is 43.1 Å². The molecule has 2 aromatic heterocycles. The zero-order valence-corrected chi connectivity index (χ0v) is 27.1. The molecule has 1 atom stereocenters. The van der Waals surface area contributed by atoms with Crippen LogP contribution in [0.25, 0.3) is 17.0 Å². The van der Waals surface area contributed by atoms with Crippen molar-refractivity contribution in [1.29, 1.82) is 0 Å². The van der Waals surface area contributed by atoms with E-state index < -0.39 is 12.0 Å². The number of halogens is 2. The predicted octanol–water partition coefficient (Wildman–Crippen LogP) is 7.23. The number of rotatable bonds is 7. The van der Waals surface area contributed by atoms with Crippen LogP contribution in [0.2, 0.25) is 10.0 Å². The zero-order chi connectivity index (χ0) is 31.1. The van der Waals surface area contributed by atoms with Crippen LogP contribution in [0.5, 0.6) is 0 Å². The van der Waals surface area contributed by atoms with Crippen LogP contribution in [0.4, 0.5) is 0 Å². The zero-order valence-electron chi connectivity index (χ0n) is 24.8. The highest BCUT2D eigenvalue weighted by Gasteiger charge is 2.33. The number of hydrogen-bond acceptors (Lipinski definition) is 5. The Morgan fingerprint density at radius 3 is 2.52 bits per heavy atom. The van der Waals surface area contributed by atoms with Crippen LogP contribution in [-0.2, 0) is 16.1 Å². The molecule has 44 heavy (non-hydrogen) atoms. The lowest BCUT2D eigenvalue weighted by molar-refractivity contribution is -0.139. The molecule has 0 unspecified atom stereocenters. The molecule has 0 spiro atoms. The van der Waals surface area contributed by atoms with Crippen LogP contribution < -0.4 is 14.9 Å². The molecule has 6 rings (SSSR count). The third-order valence-electron chi connectivity index (χ3n) is 7.88. The fraction of sp³-hybridized carbons (Fsp3) is 0.229. The first-order valence-electron chi connectivity index (χ1n) is 14.5. The van der Waals surface area contributed by atoms with Gasteiger partial charge in [0, 0.05) is 29.2 Å². The van der Waals surface area contributed by atoms with Gasteiger partial charge in [0.05, 0.1) is 38.5 Å². The molecule has 0 N–H and O–H groups in total. The number of ether oxygens (including phenoxy) is 1. The van der Waals surface area contributed by atoms with Gasteiger partial charge in [-0.1, -0.05) is 96.9 Å². The predicted molar refractivity (Wildman–Crippen MR) is 178 cm³/mol. The van der Waals surface area contributed by atoms with Gasteiger partial charge >= 0.3 is 5.97 Å². The van der Waals surface area contributed by atoms with Gasteiger partial charge in [0.2, 0.25) is 0 Å². The van der Waals surface area contributed by atoms with Crippen molar-refractivity contribution in [3.8, 4) is 0 Å². The molecule has 0 fully saturated rings. The maximum Gasteiger partial charge on any atom is 0.338 e. The Hall–Kier alpha value is -3.91. The molecule has 9 heteroatoms. The second-order valence-electron chi connectivity index (χ2n) is 11.1. The van der Waals surface area contributed by atoms with Crippen molar-refractivity contribution in [2.45, 2.75) is 46.2 Å². The summed E-state index contributed by atoms with van der Waals surface area (Å²) in [6.45, 7) is 8.65. The first kappa shape index (κ1) is 30.1. The molecule has 0 saturated heterocycles. The Morgan fingerprint density at radius 1 is 1.07 bits per heavy atom. The third kappa shape index (κ3) is 5.56. The van der Waals surface area contributed by atoms with Gasteiger partial charge in [0.25, 0.3) is 5.56 Å². The fourth-order valence-electron chi connectivity index (χ4n) is 5.67. The summed E-state index contributed by atoms with van der Waals surface area (Å²) in [5, 5.41) is 2.04. The van der Waals surface area contributed by atoms with E-state index >= 15 is 0 Å². The average molecular weight is 645 g/mol. The number of carbonyl (C=O) groups is 1. The molecule has 5 aromatic rings. The topological polar surface area (TPSA) is 65.6 Å². The van der Waals surface area contributed by atoms with E-state index in [1.165, 1.54) is 16.9 Å². The summed E-state index contributed by atoms with van der Waals surface area (Å²) in [4.78, 5) is 32.7. The Kier molecular flexibility index (Phi) is 8.38. The summed E-state index contributed by atoms with van der Waals surface area (Å²) in [5.41, 5.74) is 5.67. The molecule has 0 aliphatic carbocycles. The van der Waals surface area contributed by atoms with Gasteiger partial charge < -0.3 is 9.30 Å². The molecule has 1 aliphatic heterocycles. The number of para-hydroxylation sites is 1. The molecule has 6 nitrogen and oxygen atoms in total. The van der Waals surface area contributed by atoms with Crippen LogP contribution in [-0.4, -0.2) is 21.7 Å². The molecule has 0 bridgehead atoms. The SMILES string of the molecule is CCOC(=O)C1=C(C)N=c2s/c(=C/c3cn(Cc4ccc(Cl)c(Cl)c4)c4ccccc34)c(=O)n2[C@H]1c1ccc(C(C)C)cc1. The normalized spacial score (nSPS) is 15.2. The number of carbonyl (C=O) groups excluding carboxylic acids is 1. The summed E-state index contributed by atoms with van der Waals surface area (Å²) in [7, 11) is 0. The van der Waals surface area contributed by atoms with Crippen molar-refractivity contribution in [1.82, 2.24) is 9.13 Å². The number of hydrogen-bond donors (Lipinski definition) is 0. The van der Waals surface area contributed by atoms with Gasteiger partial charge in [-0.05, 0) is 60.7 Å². The number of benzene rings is 3. The Morgan fingerprint density at radius 2 is 1.82 bits per heavy atom. The Balaban J connectivity index is 1.50. The molecule has 3 aromatic carbocycles. The number of aromatic nitrogens is 2. The summed E-state index contributed by atoms with van der Waals surface area (Å²) in [6, 6.07) is 21.1. The van der Waals surface area contributed by atoms with Crippen molar-refractivity contribution < 1.29 is 9.53 Å². The highest BCUT2D eigenvalue weighted by atomic mass is 35.5. The van der Waals surface area contributed by atoms with Gasteiger partial charge in [-0.2, -0.15) is 0 Å². The second-order valence-corrected chi connectivity index (χ2v) is 12.9. The minimum Gasteiger partial charge on any atom is -0.463 e. The number of thiazole rings is 1. The first-order chi connectivity index (χ1) is 21.2. The van der Waals surface area contributed by atoms with E-state index in [4.69, 9.17) is 32.9 Å². The van der Waals surface area contributed by atoms with Gasteiger partial charge in [-0.15, -0.1) is 0 Å². The maximum absolute atomic E-state index is 14.2. The van der Waals surface area contributed by atoms with Gasteiger partial charge in [-0.3, -0.25) is 9.36 Å². The average Bonchev–Trinajstić information content (AvgIpc) is 3.50. The van der Waals surface area contributed by atoms with Crippen LogP contribution in [0.3, 0.4) is 0 Å². The highest BCUT2D eigenvalue weighted by Crippen LogP contribution is 2.32. The number of allylic oxidation sites excluding steroid dienone is 1. The molecule has 1 aliphatic rings. The van der Waals surface area contributed by atoms with Crippen molar-refractivity contribution >= 4 is 57.5 Å². The summed E-state index contributed by atoms with van der Waals surface area (Å²) in [6.07, 6.45) is 3.96. The van der Waals surface area contributed by atoms with Gasteiger partial charge in [-0.25, -0.2) is 9.79 Å². The van der Waals surface area contributed by atoms with Crippen molar-refractivity contribution in [3.63, 3.8) is 0 Å². The van der Waals surface area contributed by atoms with E-state index in [9.17, 15) is 9.59 Å². The minimum absolute atomic E-state index is 0.206. The third-order valence-corrected chi connectivity index (χ3v) is 9.60. The lowest BCUT2D eigenvalue weighted by Crippen LogP contribution is -2.39. The van der Waals surface area contributed by atoms with Gasteiger partial charge in [0.1, 0.15) is 0 Å². The van der Waals surface area contributed by atoms with E-state index in [-0.39, 0.29) is 12.2 Å². The smallest absolute Gasteiger partial charge is 0.338 e. The Bertz CT molecular complexity index is 2120. The van der Waals surface area contributed by atoms with E-state index in [2.05, 4.69) is 36.6 Å². The number of fused-ring (bicyclic) bond motifs is 2.